The number of rotatable bonds is 5. The highest BCUT2D eigenvalue weighted by atomic mass is 16.1. The molecule has 88 valence electrons. The molecule has 0 fully saturated rings. The summed E-state index contributed by atoms with van der Waals surface area (Å²) in [5.41, 5.74) is 6.45. The Morgan fingerprint density at radius 1 is 1.19 bits per heavy atom. The first-order valence-corrected chi connectivity index (χ1v) is 5.62. The fourth-order valence-electron chi connectivity index (χ4n) is 1.69. The van der Waals surface area contributed by atoms with E-state index in [4.69, 9.17) is 5.73 Å². The average Bonchev–Trinajstić information content (AvgIpc) is 2.26. The smallest absolute Gasteiger partial charge is 0.234 e. The summed E-state index contributed by atoms with van der Waals surface area (Å²) < 4.78 is 0. The van der Waals surface area contributed by atoms with Gasteiger partial charge < -0.3 is 5.73 Å². The Morgan fingerprint density at radius 3 is 2.19 bits per heavy atom. The monoisotopic (exact) mass is 220 g/mol. The van der Waals surface area contributed by atoms with Gasteiger partial charge in [0.1, 0.15) is 0 Å². The van der Waals surface area contributed by atoms with E-state index in [0.717, 1.165) is 0 Å². The molecule has 0 radical (unpaired) electrons. The summed E-state index contributed by atoms with van der Waals surface area (Å²) in [6.07, 6.45) is 0. The maximum atomic E-state index is 11.0. The summed E-state index contributed by atoms with van der Waals surface area (Å²) in [6, 6.07) is 9.95. The van der Waals surface area contributed by atoms with Crippen LogP contribution in [0.5, 0.6) is 0 Å². The largest absolute Gasteiger partial charge is 0.368 e. The minimum atomic E-state index is -0.318. The summed E-state index contributed by atoms with van der Waals surface area (Å²) >= 11 is 0. The summed E-state index contributed by atoms with van der Waals surface area (Å²) in [6.45, 7) is 6.04. The standard InChI is InChI=1S/C13H20N2O/c1-9(2)12(15-10(3)13(14)16)11-7-5-4-6-8-11/h4-10,12,15H,1-3H3,(H2,14,16)/t10-,12-/m1/s1. The van der Waals surface area contributed by atoms with Crippen molar-refractivity contribution in [3.8, 4) is 0 Å². The number of hydrogen-bond acceptors (Lipinski definition) is 2. The van der Waals surface area contributed by atoms with Gasteiger partial charge in [0.05, 0.1) is 6.04 Å². The van der Waals surface area contributed by atoms with Gasteiger partial charge in [-0.2, -0.15) is 0 Å². The van der Waals surface area contributed by atoms with Gasteiger partial charge in [-0.1, -0.05) is 44.2 Å². The number of amides is 1. The second kappa shape index (κ2) is 5.66. The van der Waals surface area contributed by atoms with Crippen molar-refractivity contribution in [3.05, 3.63) is 35.9 Å². The van der Waals surface area contributed by atoms with Gasteiger partial charge in [0.25, 0.3) is 0 Å². The molecule has 0 bridgehead atoms. The molecule has 1 amide bonds. The van der Waals surface area contributed by atoms with Crippen LogP contribution in [0.15, 0.2) is 30.3 Å². The molecule has 0 aromatic heterocycles. The third kappa shape index (κ3) is 3.35. The first-order valence-electron chi connectivity index (χ1n) is 5.62. The summed E-state index contributed by atoms with van der Waals surface area (Å²) in [5, 5.41) is 3.26. The predicted molar refractivity (Wildman–Crippen MR) is 65.8 cm³/mol. The van der Waals surface area contributed by atoms with Crippen LogP contribution < -0.4 is 11.1 Å². The van der Waals surface area contributed by atoms with Gasteiger partial charge in [-0.25, -0.2) is 0 Å². The molecule has 0 aliphatic heterocycles. The number of hydrogen-bond donors (Lipinski definition) is 2. The minimum absolute atomic E-state index is 0.156. The molecule has 1 aromatic carbocycles. The highest BCUT2D eigenvalue weighted by Crippen LogP contribution is 2.21. The van der Waals surface area contributed by atoms with Crippen molar-refractivity contribution < 1.29 is 4.79 Å². The Bertz CT molecular complexity index is 335. The van der Waals surface area contributed by atoms with Crippen LogP contribution in [0.1, 0.15) is 32.4 Å². The Balaban J connectivity index is 2.81. The molecule has 0 unspecified atom stereocenters. The van der Waals surface area contributed by atoms with Crippen LogP contribution in [0.2, 0.25) is 0 Å². The normalized spacial score (nSPS) is 14.8. The van der Waals surface area contributed by atoms with Crippen LogP contribution in [0.25, 0.3) is 0 Å². The minimum Gasteiger partial charge on any atom is -0.368 e. The number of carbonyl (C=O) groups excluding carboxylic acids is 1. The zero-order valence-electron chi connectivity index (χ0n) is 10.1. The molecule has 1 rings (SSSR count). The van der Waals surface area contributed by atoms with E-state index in [0.29, 0.717) is 5.92 Å². The van der Waals surface area contributed by atoms with Crippen molar-refractivity contribution >= 4 is 5.91 Å². The molecule has 0 saturated carbocycles. The highest BCUT2D eigenvalue weighted by Gasteiger charge is 2.19. The number of carbonyl (C=O) groups is 1. The van der Waals surface area contributed by atoms with E-state index in [9.17, 15) is 4.79 Å². The molecule has 2 atom stereocenters. The van der Waals surface area contributed by atoms with Gasteiger partial charge >= 0.3 is 0 Å². The lowest BCUT2D eigenvalue weighted by molar-refractivity contribution is -0.119. The molecule has 0 spiro atoms. The lowest BCUT2D eigenvalue weighted by Gasteiger charge is -2.25. The molecular formula is C13H20N2O. The van der Waals surface area contributed by atoms with Crippen molar-refractivity contribution in [2.45, 2.75) is 32.9 Å². The third-order valence-corrected chi connectivity index (χ3v) is 2.68. The van der Waals surface area contributed by atoms with E-state index in [-0.39, 0.29) is 18.0 Å². The first-order chi connectivity index (χ1) is 7.52. The molecule has 16 heavy (non-hydrogen) atoms. The van der Waals surface area contributed by atoms with Gasteiger partial charge in [0, 0.05) is 6.04 Å². The van der Waals surface area contributed by atoms with Crippen molar-refractivity contribution in [1.29, 1.82) is 0 Å². The van der Waals surface area contributed by atoms with E-state index in [2.05, 4.69) is 31.3 Å². The van der Waals surface area contributed by atoms with Crippen LogP contribution in [-0.2, 0) is 4.79 Å². The number of nitrogens with two attached hydrogens (primary N) is 1. The summed E-state index contributed by atoms with van der Waals surface area (Å²) in [7, 11) is 0. The van der Waals surface area contributed by atoms with Crippen molar-refractivity contribution in [2.75, 3.05) is 0 Å². The highest BCUT2D eigenvalue weighted by molar-refractivity contribution is 5.79. The Morgan fingerprint density at radius 2 is 1.75 bits per heavy atom. The SMILES string of the molecule is CC(C)[C@@H](N[C@H](C)C(N)=O)c1ccccc1. The van der Waals surface area contributed by atoms with Crippen LogP contribution in [0.4, 0.5) is 0 Å². The lowest BCUT2D eigenvalue weighted by Crippen LogP contribution is -2.42. The third-order valence-electron chi connectivity index (χ3n) is 2.68. The number of benzene rings is 1. The fraction of sp³-hybridized carbons (Fsp3) is 0.462. The van der Waals surface area contributed by atoms with E-state index >= 15 is 0 Å². The molecule has 0 aliphatic rings. The molecule has 3 N–H and O–H groups in total. The second-order valence-corrected chi connectivity index (χ2v) is 4.42. The molecular weight excluding hydrogens is 200 g/mol. The van der Waals surface area contributed by atoms with Crippen LogP contribution in [0, 0.1) is 5.92 Å². The zero-order valence-corrected chi connectivity index (χ0v) is 10.1. The van der Waals surface area contributed by atoms with Crippen LogP contribution >= 0.6 is 0 Å². The summed E-state index contributed by atoms with van der Waals surface area (Å²) in [5.74, 6) is 0.0887. The zero-order chi connectivity index (χ0) is 12.1. The average molecular weight is 220 g/mol. The van der Waals surface area contributed by atoms with Crippen LogP contribution in [0.3, 0.4) is 0 Å². The van der Waals surface area contributed by atoms with Gasteiger partial charge in [-0.3, -0.25) is 10.1 Å². The van der Waals surface area contributed by atoms with Crippen molar-refractivity contribution in [1.82, 2.24) is 5.32 Å². The van der Waals surface area contributed by atoms with Gasteiger partial charge in [-0.15, -0.1) is 0 Å². The Kier molecular flexibility index (Phi) is 4.50. The molecule has 0 heterocycles. The lowest BCUT2D eigenvalue weighted by atomic mass is 9.95. The molecule has 0 saturated heterocycles. The first kappa shape index (κ1) is 12.7. The van der Waals surface area contributed by atoms with Crippen molar-refractivity contribution in [3.63, 3.8) is 0 Å². The summed E-state index contributed by atoms with van der Waals surface area (Å²) in [4.78, 5) is 11.0. The molecule has 3 heteroatoms. The maximum absolute atomic E-state index is 11.0. The van der Waals surface area contributed by atoms with E-state index in [1.807, 2.05) is 18.2 Å². The van der Waals surface area contributed by atoms with Gasteiger partial charge in [0.15, 0.2) is 0 Å². The molecule has 1 aromatic rings. The van der Waals surface area contributed by atoms with Crippen LogP contribution in [-0.4, -0.2) is 11.9 Å². The fourth-order valence-corrected chi connectivity index (χ4v) is 1.69. The van der Waals surface area contributed by atoms with Gasteiger partial charge in [0.2, 0.25) is 5.91 Å². The molecule has 3 nitrogen and oxygen atoms in total. The number of primary amides is 1. The molecule has 0 aliphatic carbocycles. The number of nitrogens with one attached hydrogen (secondary N) is 1. The van der Waals surface area contributed by atoms with E-state index < -0.39 is 0 Å². The Labute approximate surface area is 97.0 Å². The Hall–Kier alpha value is -1.35. The topological polar surface area (TPSA) is 55.1 Å². The predicted octanol–water partition coefficient (Wildman–Crippen LogP) is 1.85. The van der Waals surface area contributed by atoms with E-state index in [1.165, 1.54) is 5.56 Å². The second-order valence-electron chi connectivity index (χ2n) is 4.42. The maximum Gasteiger partial charge on any atom is 0.234 e. The van der Waals surface area contributed by atoms with Gasteiger partial charge in [-0.05, 0) is 18.4 Å². The van der Waals surface area contributed by atoms with Crippen molar-refractivity contribution in [2.24, 2.45) is 11.7 Å². The van der Waals surface area contributed by atoms with E-state index in [1.54, 1.807) is 6.92 Å². The quantitative estimate of drug-likeness (QED) is 0.795.